The summed E-state index contributed by atoms with van der Waals surface area (Å²) in [6.07, 6.45) is 2.24. The monoisotopic (exact) mass is 415 g/mol. The third-order valence-electron chi connectivity index (χ3n) is 5.08. The third kappa shape index (κ3) is 5.76. The Balaban J connectivity index is 1.43. The number of anilines is 2. The van der Waals surface area contributed by atoms with Gasteiger partial charge in [0.15, 0.2) is 0 Å². The first kappa shape index (κ1) is 21.2. The summed E-state index contributed by atoms with van der Waals surface area (Å²) >= 11 is 1.39. The Morgan fingerprint density at radius 3 is 2.59 bits per heavy atom. The maximum absolute atomic E-state index is 12.5. The average Bonchev–Trinajstić information content (AvgIpc) is 3.15. The molecule has 1 fully saturated rings. The van der Waals surface area contributed by atoms with Gasteiger partial charge in [0.25, 0.3) is 0 Å². The lowest BCUT2D eigenvalue weighted by molar-refractivity contribution is -0.133. The van der Waals surface area contributed by atoms with Gasteiger partial charge in [-0.25, -0.2) is 0 Å². The van der Waals surface area contributed by atoms with Crippen molar-refractivity contribution in [3.05, 3.63) is 34.3 Å². The van der Waals surface area contributed by atoms with Crippen molar-refractivity contribution in [3.63, 3.8) is 0 Å². The zero-order chi connectivity index (χ0) is 20.8. The van der Waals surface area contributed by atoms with Crippen molar-refractivity contribution in [1.29, 1.82) is 0 Å². The maximum atomic E-state index is 12.5. The lowest BCUT2D eigenvalue weighted by atomic mass is 10.1. The molecule has 29 heavy (non-hydrogen) atoms. The van der Waals surface area contributed by atoms with Gasteiger partial charge in [0, 0.05) is 51.1 Å². The highest BCUT2D eigenvalue weighted by Gasteiger charge is 2.22. The van der Waals surface area contributed by atoms with Crippen LogP contribution in [0.1, 0.15) is 42.3 Å². The second kappa shape index (κ2) is 9.82. The van der Waals surface area contributed by atoms with Crippen LogP contribution in [-0.4, -0.2) is 53.1 Å². The molecule has 1 N–H and O–H groups in total. The Morgan fingerprint density at radius 2 is 1.86 bits per heavy atom. The molecule has 0 radical (unpaired) electrons. The average molecular weight is 416 g/mol. The number of amides is 2. The van der Waals surface area contributed by atoms with E-state index in [2.05, 4.69) is 59.4 Å². The molecule has 156 valence electrons. The van der Waals surface area contributed by atoms with Crippen molar-refractivity contribution in [2.45, 2.75) is 46.5 Å². The van der Waals surface area contributed by atoms with E-state index < -0.39 is 0 Å². The number of carbonyl (C=O) groups excluding carboxylic acids is 2. The van der Waals surface area contributed by atoms with E-state index in [0.717, 1.165) is 30.9 Å². The van der Waals surface area contributed by atoms with Gasteiger partial charge in [-0.1, -0.05) is 30.4 Å². The van der Waals surface area contributed by atoms with Crippen LogP contribution in [0.2, 0.25) is 0 Å². The first-order valence-corrected chi connectivity index (χ1v) is 11.0. The third-order valence-corrected chi connectivity index (χ3v) is 5.98. The fraction of sp³-hybridized carbons (Fsp3) is 0.524. The van der Waals surface area contributed by atoms with Crippen LogP contribution in [0.25, 0.3) is 0 Å². The smallest absolute Gasteiger partial charge is 0.226 e. The summed E-state index contributed by atoms with van der Waals surface area (Å²) in [7, 11) is 0. The standard InChI is InChI=1S/C21H29N5O2S/c1-4-5-19-23-24-21(29-19)22-18(27)8-9-20(28)26-12-10-25(11-13-26)17-14-15(2)6-7-16(17)3/h6-7,14H,4-5,8-13H2,1-3H3,(H,22,24,27). The molecule has 2 aromatic rings. The van der Waals surface area contributed by atoms with Crippen LogP contribution >= 0.6 is 11.3 Å². The summed E-state index contributed by atoms with van der Waals surface area (Å²) in [5.74, 6) is -0.156. The number of benzene rings is 1. The van der Waals surface area contributed by atoms with Crippen LogP contribution in [0.3, 0.4) is 0 Å². The number of rotatable bonds is 7. The molecule has 0 unspecified atom stereocenters. The summed E-state index contributed by atoms with van der Waals surface area (Å²) in [6, 6.07) is 6.47. The molecule has 3 rings (SSSR count). The number of hydrogen-bond donors (Lipinski definition) is 1. The molecule has 1 saturated heterocycles. The molecular weight excluding hydrogens is 386 g/mol. The summed E-state index contributed by atoms with van der Waals surface area (Å²) in [6.45, 7) is 9.29. The van der Waals surface area contributed by atoms with Crippen LogP contribution in [0.15, 0.2) is 18.2 Å². The first-order chi connectivity index (χ1) is 14.0. The molecular formula is C21H29N5O2S. The fourth-order valence-electron chi connectivity index (χ4n) is 3.44. The number of hydrogen-bond acceptors (Lipinski definition) is 6. The van der Waals surface area contributed by atoms with Crippen molar-refractivity contribution in [1.82, 2.24) is 15.1 Å². The number of aryl methyl sites for hydroxylation is 3. The van der Waals surface area contributed by atoms with E-state index in [1.165, 1.54) is 28.2 Å². The minimum atomic E-state index is -0.188. The Morgan fingerprint density at radius 1 is 1.10 bits per heavy atom. The molecule has 1 aliphatic heterocycles. The molecule has 1 aromatic heterocycles. The minimum absolute atomic E-state index is 0.0321. The molecule has 1 aliphatic rings. The van der Waals surface area contributed by atoms with Gasteiger partial charge in [-0.2, -0.15) is 0 Å². The van der Waals surface area contributed by atoms with Crippen molar-refractivity contribution >= 4 is 34.0 Å². The Kier molecular flexibility index (Phi) is 7.19. The van der Waals surface area contributed by atoms with Crippen LogP contribution in [-0.2, 0) is 16.0 Å². The van der Waals surface area contributed by atoms with Gasteiger partial charge in [-0.05, 0) is 37.5 Å². The van der Waals surface area contributed by atoms with Crippen LogP contribution in [0, 0.1) is 13.8 Å². The van der Waals surface area contributed by atoms with Crippen LogP contribution in [0.5, 0.6) is 0 Å². The number of nitrogens with one attached hydrogen (secondary N) is 1. The van der Waals surface area contributed by atoms with E-state index >= 15 is 0 Å². The lowest BCUT2D eigenvalue weighted by Crippen LogP contribution is -2.49. The van der Waals surface area contributed by atoms with Crippen molar-refractivity contribution in [2.75, 3.05) is 36.4 Å². The zero-order valence-corrected chi connectivity index (χ0v) is 18.2. The second-order valence-corrected chi connectivity index (χ2v) is 8.52. The summed E-state index contributed by atoms with van der Waals surface area (Å²) < 4.78 is 0. The SMILES string of the molecule is CCCc1nnc(NC(=O)CCC(=O)N2CCN(c3cc(C)ccc3C)CC2)s1. The zero-order valence-electron chi connectivity index (χ0n) is 17.4. The van der Waals surface area contributed by atoms with Crippen molar-refractivity contribution in [2.24, 2.45) is 0 Å². The second-order valence-electron chi connectivity index (χ2n) is 7.46. The van der Waals surface area contributed by atoms with Gasteiger partial charge >= 0.3 is 0 Å². The number of aromatic nitrogens is 2. The number of nitrogens with zero attached hydrogens (tertiary/aromatic N) is 4. The fourth-order valence-corrected chi connectivity index (χ4v) is 4.29. The molecule has 2 amide bonds. The van der Waals surface area contributed by atoms with Gasteiger partial charge in [0.1, 0.15) is 5.01 Å². The van der Waals surface area contributed by atoms with E-state index in [9.17, 15) is 9.59 Å². The molecule has 0 saturated carbocycles. The normalized spacial score (nSPS) is 14.2. The van der Waals surface area contributed by atoms with Gasteiger partial charge in [-0.15, -0.1) is 10.2 Å². The van der Waals surface area contributed by atoms with Gasteiger partial charge in [0.2, 0.25) is 16.9 Å². The molecule has 0 spiro atoms. The van der Waals surface area contributed by atoms with E-state index in [4.69, 9.17) is 0 Å². The predicted octanol–water partition coefficient (Wildman–Crippen LogP) is 3.17. The minimum Gasteiger partial charge on any atom is -0.368 e. The number of piperazine rings is 1. The highest BCUT2D eigenvalue weighted by atomic mass is 32.1. The molecule has 2 heterocycles. The first-order valence-electron chi connectivity index (χ1n) is 10.2. The topological polar surface area (TPSA) is 78.4 Å². The van der Waals surface area contributed by atoms with Gasteiger partial charge in [-0.3, -0.25) is 9.59 Å². The predicted molar refractivity (Wildman–Crippen MR) is 116 cm³/mol. The molecule has 1 aromatic carbocycles. The summed E-state index contributed by atoms with van der Waals surface area (Å²) in [5.41, 5.74) is 3.74. The van der Waals surface area contributed by atoms with E-state index in [-0.39, 0.29) is 24.7 Å². The Bertz CT molecular complexity index is 859. The van der Waals surface area contributed by atoms with Crippen molar-refractivity contribution in [3.8, 4) is 0 Å². The summed E-state index contributed by atoms with van der Waals surface area (Å²) in [4.78, 5) is 28.8. The quantitative estimate of drug-likeness (QED) is 0.751. The molecule has 0 atom stereocenters. The molecule has 7 nitrogen and oxygen atoms in total. The van der Waals surface area contributed by atoms with Crippen molar-refractivity contribution < 1.29 is 9.59 Å². The lowest BCUT2D eigenvalue weighted by Gasteiger charge is -2.37. The Hall–Kier alpha value is -2.48. The van der Waals surface area contributed by atoms with E-state index in [1.54, 1.807) is 0 Å². The van der Waals surface area contributed by atoms with Gasteiger partial charge in [0.05, 0.1) is 0 Å². The van der Waals surface area contributed by atoms with Crippen LogP contribution in [0.4, 0.5) is 10.8 Å². The number of carbonyl (C=O) groups is 2. The largest absolute Gasteiger partial charge is 0.368 e. The Labute approximate surface area is 176 Å². The van der Waals surface area contributed by atoms with Gasteiger partial charge < -0.3 is 15.1 Å². The van der Waals surface area contributed by atoms with E-state index in [1.807, 2.05) is 4.90 Å². The summed E-state index contributed by atoms with van der Waals surface area (Å²) in [5, 5.41) is 12.2. The van der Waals surface area contributed by atoms with E-state index in [0.29, 0.717) is 18.2 Å². The molecule has 8 heteroatoms. The van der Waals surface area contributed by atoms with Crippen LogP contribution < -0.4 is 10.2 Å². The highest BCUT2D eigenvalue weighted by Crippen LogP contribution is 2.23. The molecule has 0 aliphatic carbocycles. The highest BCUT2D eigenvalue weighted by molar-refractivity contribution is 7.15. The molecule has 0 bridgehead atoms. The maximum Gasteiger partial charge on any atom is 0.226 e.